The van der Waals surface area contributed by atoms with E-state index < -0.39 is 0 Å². The number of benzene rings is 1. The topological polar surface area (TPSA) is 70.4 Å². The van der Waals surface area contributed by atoms with E-state index in [1.807, 2.05) is 25.4 Å². The molecule has 3 N–H and O–H groups in total. The molecule has 0 aliphatic heterocycles. The molecule has 0 aliphatic rings. The number of likely N-dealkylation sites (N-methyl/N-ethyl adjacent to an activating group) is 1. The van der Waals surface area contributed by atoms with Crippen molar-refractivity contribution in [3.63, 3.8) is 0 Å². The van der Waals surface area contributed by atoms with E-state index in [4.69, 9.17) is 9.15 Å². The lowest BCUT2D eigenvalue weighted by Gasteiger charge is -2.17. The van der Waals surface area contributed by atoms with Gasteiger partial charge in [0.15, 0.2) is 11.5 Å². The Morgan fingerprint density at radius 1 is 1.06 bits per heavy atom. The summed E-state index contributed by atoms with van der Waals surface area (Å²) in [5, 5.41) is 13.6. The number of hydrogen-bond acceptors (Lipinski definition) is 4. The molecule has 0 saturated heterocycles. The van der Waals surface area contributed by atoms with Gasteiger partial charge in [0.25, 0.3) is 0 Å². The molecule has 2 aromatic heterocycles. The standard InChI is InChI=1S/C26H36N2O3/c1-5-6-7-21-11-12-22(31-21)10-8-19-9-13-25(29)26(14-19)30-17-24(27-4)23-15-20(16-28-23)18(2)3/h9,11-16,18,24,27-29H,5-8,10,17H2,1-4H3/t24-/m0/s1. The molecule has 1 atom stereocenters. The molecule has 0 aliphatic carbocycles. The van der Waals surface area contributed by atoms with Crippen LogP contribution in [-0.2, 0) is 19.3 Å². The second kappa shape index (κ2) is 11.1. The summed E-state index contributed by atoms with van der Waals surface area (Å²) in [6, 6.07) is 11.9. The van der Waals surface area contributed by atoms with Gasteiger partial charge in [0.1, 0.15) is 18.1 Å². The zero-order valence-electron chi connectivity index (χ0n) is 19.2. The third-order valence-corrected chi connectivity index (χ3v) is 5.70. The van der Waals surface area contributed by atoms with E-state index in [-0.39, 0.29) is 11.8 Å². The summed E-state index contributed by atoms with van der Waals surface area (Å²) in [6.45, 7) is 6.96. The number of ether oxygens (including phenoxy) is 1. The van der Waals surface area contributed by atoms with E-state index in [0.717, 1.165) is 48.5 Å². The van der Waals surface area contributed by atoms with Crippen LogP contribution in [0.4, 0.5) is 0 Å². The number of H-pyrrole nitrogens is 1. The number of unbranched alkanes of at least 4 members (excludes halogenated alkanes) is 1. The Bertz CT molecular complexity index is 942. The predicted octanol–water partition coefficient (Wildman–Crippen LogP) is 5.90. The zero-order valence-corrected chi connectivity index (χ0v) is 19.2. The normalized spacial score (nSPS) is 12.4. The second-order valence-corrected chi connectivity index (χ2v) is 8.47. The van der Waals surface area contributed by atoms with Crippen LogP contribution in [0, 0.1) is 0 Å². The molecule has 1 aromatic carbocycles. The SMILES string of the molecule is CCCCc1ccc(CCc2ccc(O)c(OC[C@H](NC)c3cc(C(C)C)c[nH]3)c2)o1. The Morgan fingerprint density at radius 3 is 2.52 bits per heavy atom. The molecule has 3 rings (SSSR count). The molecule has 0 unspecified atom stereocenters. The first-order chi connectivity index (χ1) is 15.0. The number of nitrogens with one attached hydrogen (secondary N) is 2. The number of hydrogen-bond donors (Lipinski definition) is 3. The maximum absolute atomic E-state index is 10.3. The van der Waals surface area contributed by atoms with Crippen molar-refractivity contribution >= 4 is 0 Å². The highest BCUT2D eigenvalue weighted by Gasteiger charge is 2.15. The fraction of sp³-hybridized carbons (Fsp3) is 0.462. The van der Waals surface area contributed by atoms with Gasteiger partial charge in [-0.3, -0.25) is 0 Å². The fourth-order valence-corrected chi connectivity index (χ4v) is 3.61. The average Bonchev–Trinajstić information content (AvgIpc) is 3.43. The number of aromatic amines is 1. The van der Waals surface area contributed by atoms with E-state index in [1.54, 1.807) is 6.07 Å². The quantitative estimate of drug-likeness (QED) is 0.338. The molecule has 168 valence electrons. The van der Waals surface area contributed by atoms with Gasteiger partial charge in [-0.2, -0.15) is 0 Å². The number of phenolic OH excluding ortho intramolecular Hbond substituents is 1. The van der Waals surface area contributed by atoms with Crippen molar-refractivity contribution < 1.29 is 14.3 Å². The molecular weight excluding hydrogens is 388 g/mol. The van der Waals surface area contributed by atoms with E-state index in [9.17, 15) is 5.11 Å². The highest BCUT2D eigenvalue weighted by Crippen LogP contribution is 2.29. The van der Waals surface area contributed by atoms with Crippen LogP contribution in [0.1, 0.15) is 73.9 Å². The number of furan rings is 1. The summed E-state index contributed by atoms with van der Waals surface area (Å²) < 4.78 is 11.9. The first-order valence-electron chi connectivity index (χ1n) is 11.4. The van der Waals surface area contributed by atoms with Gasteiger partial charge in [0.05, 0.1) is 6.04 Å². The van der Waals surface area contributed by atoms with Crippen molar-refractivity contribution in [2.45, 2.75) is 64.8 Å². The lowest BCUT2D eigenvalue weighted by Crippen LogP contribution is -2.23. The van der Waals surface area contributed by atoms with Crippen molar-refractivity contribution in [2.75, 3.05) is 13.7 Å². The molecule has 5 heteroatoms. The molecule has 31 heavy (non-hydrogen) atoms. The van der Waals surface area contributed by atoms with Gasteiger partial charge in [-0.25, -0.2) is 0 Å². The van der Waals surface area contributed by atoms with Crippen LogP contribution in [0.5, 0.6) is 11.5 Å². The molecule has 5 nitrogen and oxygen atoms in total. The van der Waals surface area contributed by atoms with E-state index in [2.05, 4.69) is 49.3 Å². The van der Waals surface area contributed by atoms with Crippen LogP contribution in [0.3, 0.4) is 0 Å². The molecule has 0 saturated carbocycles. The molecule has 0 amide bonds. The smallest absolute Gasteiger partial charge is 0.161 e. The maximum atomic E-state index is 10.3. The highest BCUT2D eigenvalue weighted by atomic mass is 16.5. The molecule has 0 bridgehead atoms. The minimum Gasteiger partial charge on any atom is -0.504 e. The first kappa shape index (κ1) is 23.0. The van der Waals surface area contributed by atoms with Gasteiger partial charge in [-0.1, -0.05) is 33.3 Å². The Labute approximate surface area is 185 Å². The number of aromatic hydroxyl groups is 1. The third kappa shape index (κ3) is 6.41. The maximum Gasteiger partial charge on any atom is 0.161 e. The van der Waals surface area contributed by atoms with Gasteiger partial charge < -0.3 is 24.6 Å². The van der Waals surface area contributed by atoms with E-state index in [0.29, 0.717) is 18.3 Å². The summed E-state index contributed by atoms with van der Waals surface area (Å²) in [4.78, 5) is 3.34. The van der Waals surface area contributed by atoms with Crippen molar-refractivity contribution in [2.24, 2.45) is 0 Å². The fourth-order valence-electron chi connectivity index (χ4n) is 3.61. The number of aromatic nitrogens is 1. The molecule has 0 fully saturated rings. The Hall–Kier alpha value is -2.66. The van der Waals surface area contributed by atoms with Crippen molar-refractivity contribution in [1.82, 2.24) is 10.3 Å². The lowest BCUT2D eigenvalue weighted by atomic mass is 10.1. The van der Waals surface area contributed by atoms with Crippen molar-refractivity contribution in [3.8, 4) is 11.5 Å². The molecule has 0 spiro atoms. The summed E-state index contributed by atoms with van der Waals surface area (Å²) >= 11 is 0. The monoisotopic (exact) mass is 424 g/mol. The van der Waals surface area contributed by atoms with Crippen LogP contribution in [0.15, 0.2) is 47.0 Å². The summed E-state index contributed by atoms with van der Waals surface area (Å²) in [5.41, 5.74) is 3.47. The average molecular weight is 425 g/mol. The second-order valence-electron chi connectivity index (χ2n) is 8.47. The van der Waals surface area contributed by atoms with Gasteiger partial charge >= 0.3 is 0 Å². The number of aryl methyl sites for hydroxylation is 3. The zero-order chi connectivity index (χ0) is 22.2. The minimum atomic E-state index is 0.0141. The van der Waals surface area contributed by atoms with Gasteiger partial charge in [0, 0.05) is 24.7 Å². The van der Waals surface area contributed by atoms with Gasteiger partial charge in [0.2, 0.25) is 0 Å². The highest BCUT2D eigenvalue weighted by molar-refractivity contribution is 5.42. The Morgan fingerprint density at radius 2 is 1.84 bits per heavy atom. The lowest BCUT2D eigenvalue weighted by molar-refractivity contribution is 0.259. The predicted molar refractivity (Wildman–Crippen MR) is 125 cm³/mol. The number of phenols is 1. The Balaban J connectivity index is 1.59. The molecule has 2 heterocycles. The third-order valence-electron chi connectivity index (χ3n) is 5.70. The van der Waals surface area contributed by atoms with E-state index in [1.165, 1.54) is 12.0 Å². The van der Waals surface area contributed by atoms with Crippen LogP contribution < -0.4 is 10.1 Å². The summed E-state index contributed by atoms with van der Waals surface area (Å²) in [6.07, 6.45) is 7.03. The summed E-state index contributed by atoms with van der Waals surface area (Å²) in [5.74, 6) is 3.21. The van der Waals surface area contributed by atoms with Crippen LogP contribution >= 0.6 is 0 Å². The molecule has 0 radical (unpaired) electrons. The van der Waals surface area contributed by atoms with Crippen molar-refractivity contribution in [3.05, 3.63) is 70.9 Å². The van der Waals surface area contributed by atoms with Crippen molar-refractivity contribution in [1.29, 1.82) is 0 Å². The number of rotatable bonds is 12. The van der Waals surface area contributed by atoms with Crippen LogP contribution in [0.25, 0.3) is 0 Å². The van der Waals surface area contributed by atoms with Crippen LogP contribution in [-0.4, -0.2) is 23.7 Å². The summed E-state index contributed by atoms with van der Waals surface area (Å²) in [7, 11) is 1.92. The minimum absolute atomic E-state index is 0.0141. The van der Waals surface area contributed by atoms with E-state index >= 15 is 0 Å². The molecular formula is C26H36N2O3. The van der Waals surface area contributed by atoms with Crippen LogP contribution in [0.2, 0.25) is 0 Å². The van der Waals surface area contributed by atoms with Gasteiger partial charge in [-0.05, 0) is 67.3 Å². The van der Waals surface area contributed by atoms with Gasteiger partial charge in [-0.15, -0.1) is 0 Å². The first-order valence-corrected chi connectivity index (χ1v) is 11.4. The largest absolute Gasteiger partial charge is 0.504 e. The molecule has 3 aromatic rings. The Kier molecular flexibility index (Phi) is 8.24.